The van der Waals surface area contributed by atoms with Crippen LogP contribution in [0.5, 0.6) is 5.88 Å². The highest BCUT2D eigenvalue weighted by atomic mass is 16.5. The van der Waals surface area contributed by atoms with Crippen LogP contribution in [0, 0.1) is 12.8 Å². The lowest BCUT2D eigenvalue weighted by molar-refractivity contribution is -0.142. The lowest BCUT2D eigenvalue weighted by Crippen LogP contribution is -2.29. The fraction of sp³-hybridized carbons (Fsp3) is 0.571. The Labute approximate surface area is 113 Å². The number of pyridine rings is 1. The second kappa shape index (κ2) is 5.91. The van der Waals surface area contributed by atoms with E-state index in [1.807, 2.05) is 19.1 Å². The fourth-order valence-electron chi connectivity index (χ4n) is 2.51. The summed E-state index contributed by atoms with van der Waals surface area (Å²) in [5, 5.41) is 12.4. The lowest BCUT2D eigenvalue weighted by Gasteiger charge is -2.28. The number of aryl methyl sites for hydroxylation is 1. The van der Waals surface area contributed by atoms with E-state index >= 15 is 0 Å². The van der Waals surface area contributed by atoms with Crippen LogP contribution in [0.3, 0.4) is 0 Å². The molecule has 0 spiro atoms. The first-order valence-corrected chi connectivity index (χ1v) is 6.61. The van der Waals surface area contributed by atoms with E-state index in [1.54, 1.807) is 7.11 Å². The van der Waals surface area contributed by atoms with Gasteiger partial charge < -0.3 is 15.2 Å². The summed E-state index contributed by atoms with van der Waals surface area (Å²) in [4.78, 5) is 15.2. The summed E-state index contributed by atoms with van der Waals surface area (Å²) in [5.74, 6) is -0.230. The maximum atomic E-state index is 10.9. The summed E-state index contributed by atoms with van der Waals surface area (Å²) < 4.78 is 5.08. The number of carboxylic acids is 1. The number of hydrogen-bond donors (Lipinski definition) is 2. The van der Waals surface area contributed by atoms with Gasteiger partial charge in [-0.3, -0.25) is 4.79 Å². The standard InChI is InChI=1S/C14H20N2O3/c1-9-12(7-8-13(15-9)19-2)16-11-5-3-10(4-6-11)14(17)18/h7-8,10-11,16H,3-6H2,1-2H3,(H,17,18). The Bertz CT molecular complexity index is 454. The largest absolute Gasteiger partial charge is 0.481 e. The van der Waals surface area contributed by atoms with Gasteiger partial charge in [-0.2, -0.15) is 0 Å². The van der Waals surface area contributed by atoms with Crippen LogP contribution in [0.1, 0.15) is 31.4 Å². The molecule has 104 valence electrons. The SMILES string of the molecule is COc1ccc(NC2CCC(C(=O)O)CC2)c(C)n1. The highest BCUT2D eigenvalue weighted by molar-refractivity contribution is 5.70. The average Bonchev–Trinajstić information content (AvgIpc) is 2.41. The summed E-state index contributed by atoms with van der Waals surface area (Å²) in [6, 6.07) is 4.13. The van der Waals surface area contributed by atoms with Crippen molar-refractivity contribution in [3.63, 3.8) is 0 Å². The molecule has 1 aromatic heterocycles. The quantitative estimate of drug-likeness (QED) is 0.874. The molecule has 1 heterocycles. The Balaban J connectivity index is 1.94. The van der Waals surface area contributed by atoms with Crippen molar-refractivity contribution in [2.24, 2.45) is 5.92 Å². The van der Waals surface area contributed by atoms with Gasteiger partial charge in [-0.15, -0.1) is 0 Å². The van der Waals surface area contributed by atoms with Crippen molar-refractivity contribution in [1.29, 1.82) is 0 Å². The number of aromatic nitrogens is 1. The first-order valence-electron chi connectivity index (χ1n) is 6.61. The summed E-state index contributed by atoms with van der Waals surface area (Å²) in [5.41, 5.74) is 1.90. The van der Waals surface area contributed by atoms with Crippen molar-refractivity contribution >= 4 is 11.7 Å². The topological polar surface area (TPSA) is 71.5 Å². The zero-order chi connectivity index (χ0) is 13.8. The van der Waals surface area contributed by atoms with Crippen LogP contribution < -0.4 is 10.1 Å². The number of aliphatic carboxylic acids is 1. The minimum absolute atomic E-state index is 0.173. The number of carboxylic acid groups (broad SMARTS) is 1. The first kappa shape index (κ1) is 13.6. The molecule has 0 saturated heterocycles. The highest BCUT2D eigenvalue weighted by Gasteiger charge is 2.25. The second-order valence-corrected chi connectivity index (χ2v) is 5.02. The first-order chi connectivity index (χ1) is 9.10. The molecule has 1 saturated carbocycles. The molecule has 1 aromatic rings. The minimum Gasteiger partial charge on any atom is -0.481 e. The van der Waals surface area contributed by atoms with Gasteiger partial charge in [0.15, 0.2) is 0 Å². The van der Waals surface area contributed by atoms with Crippen LogP contribution in [0.25, 0.3) is 0 Å². The Morgan fingerprint density at radius 3 is 2.58 bits per heavy atom. The number of anilines is 1. The molecule has 0 aromatic carbocycles. The number of methoxy groups -OCH3 is 1. The van der Waals surface area contributed by atoms with Gasteiger partial charge in [0.1, 0.15) is 0 Å². The van der Waals surface area contributed by atoms with E-state index in [1.165, 1.54) is 0 Å². The third kappa shape index (κ3) is 3.36. The number of ether oxygens (including phenoxy) is 1. The number of hydrogen-bond acceptors (Lipinski definition) is 4. The normalized spacial score (nSPS) is 22.8. The minimum atomic E-state index is -0.666. The van der Waals surface area contributed by atoms with Crippen molar-refractivity contribution in [3.05, 3.63) is 17.8 Å². The molecule has 0 bridgehead atoms. The predicted octanol–water partition coefficient (Wildman–Crippen LogP) is 2.45. The van der Waals surface area contributed by atoms with E-state index in [4.69, 9.17) is 9.84 Å². The van der Waals surface area contributed by atoms with Gasteiger partial charge >= 0.3 is 5.97 Å². The Morgan fingerprint density at radius 2 is 2.05 bits per heavy atom. The smallest absolute Gasteiger partial charge is 0.306 e. The monoisotopic (exact) mass is 264 g/mol. The third-order valence-corrected chi connectivity index (χ3v) is 3.71. The third-order valence-electron chi connectivity index (χ3n) is 3.71. The molecular formula is C14H20N2O3. The number of carbonyl (C=O) groups is 1. The molecule has 0 atom stereocenters. The molecule has 0 radical (unpaired) electrons. The number of nitrogens with zero attached hydrogens (tertiary/aromatic N) is 1. The van der Waals surface area contributed by atoms with Crippen LogP contribution >= 0.6 is 0 Å². The van der Waals surface area contributed by atoms with Crippen molar-refractivity contribution < 1.29 is 14.6 Å². The van der Waals surface area contributed by atoms with Gasteiger partial charge in [0.05, 0.1) is 24.4 Å². The summed E-state index contributed by atoms with van der Waals surface area (Å²) in [6.45, 7) is 1.94. The molecule has 1 aliphatic rings. The fourth-order valence-corrected chi connectivity index (χ4v) is 2.51. The van der Waals surface area contributed by atoms with Crippen LogP contribution in [-0.2, 0) is 4.79 Å². The van der Waals surface area contributed by atoms with Gasteiger partial charge in [0.25, 0.3) is 0 Å². The summed E-state index contributed by atoms with van der Waals surface area (Å²) >= 11 is 0. The molecule has 2 rings (SSSR count). The van der Waals surface area contributed by atoms with E-state index in [0.717, 1.165) is 37.1 Å². The average molecular weight is 264 g/mol. The molecule has 0 aliphatic heterocycles. The number of rotatable bonds is 4. The van der Waals surface area contributed by atoms with Crippen LogP contribution in [0.4, 0.5) is 5.69 Å². The maximum Gasteiger partial charge on any atom is 0.306 e. The Morgan fingerprint density at radius 1 is 1.37 bits per heavy atom. The van der Waals surface area contributed by atoms with Crippen LogP contribution in [0.15, 0.2) is 12.1 Å². The van der Waals surface area contributed by atoms with E-state index in [9.17, 15) is 4.79 Å². The van der Waals surface area contributed by atoms with Crippen LogP contribution in [0.2, 0.25) is 0 Å². The van der Waals surface area contributed by atoms with Crippen molar-refractivity contribution in [2.45, 2.75) is 38.6 Å². The van der Waals surface area contributed by atoms with Gasteiger partial charge in [-0.1, -0.05) is 0 Å². The molecule has 2 N–H and O–H groups in total. The Kier molecular flexibility index (Phi) is 4.24. The molecule has 5 nitrogen and oxygen atoms in total. The van der Waals surface area contributed by atoms with Crippen molar-refractivity contribution in [1.82, 2.24) is 4.98 Å². The molecule has 0 amide bonds. The van der Waals surface area contributed by atoms with E-state index in [-0.39, 0.29) is 5.92 Å². The predicted molar refractivity (Wildman–Crippen MR) is 72.5 cm³/mol. The molecule has 1 fully saturated rings. The van der Waals surface area contributed by atoms with Gasteiger partial charge in [-0.05, 0) is 38.7 Å². The van der Waals surface area contributed by atoms with E-state index < -0.39 is 5.97 Å². The van der Waals surface area contributed by atoms with Gasteiger partial charge in [0, 0.05) is 12.1 Å². The van der Waals surface area contributed by atoms with Crippen molar-refractivity contribution in [3.8, 4) is 5.88 Å². The molecule has 19 heavy (non-hydrogen) atoms. The molecular weight excluding hydrogens is 244 g/mol. The highest BCUT2D eigenvalue weighted by Crippen LogP contribution is 2.27. The van der Waals surface area contributed by atoms with E-state index in [0.29, 0.717) is 11.9 Å². The van der Waals surface area contributed by atoms with Gasteiger partial charge in [-0.25, -0.2) is 4.98 Å². The molecule has 1 aliphatic carbocycles. The van der Waals surface area contributed by atoms with Crippen LogP contribution in [-0.4, -0.2) is 29.2 Å². The zero-order valence-corrected chi connectivity index (χ0v) is 11.3. The summed E-state index contributed by atoms with van der Waals surface area (Å²) in [7, 11) is 1.60. The van der Waals surface area contributed by atoms with E-state index in [2.05, 4.69) is 10.3 Å². The van der Waals surface area contributed by atoms with Gasteiger partial charge in [0.2, 0.25) is 5.88 Å². The van der Waals surface area contributed by atoms with Crippen molar-refractivity contribution in [2.75, 3.05) is 12.4 Å². The molecule has 0 unspecified atom stereocenters. The summed E-state index contributed by atoms with van der Waals surface area (Å²) in [6.07, 6.45) is 3.27. The second-order valence-electron chi connectivity index (χ2n) is 5.02. The zero-order valence-electron chi connectivity index (χ0n) is 11.3. The Hall–Kier alpha value is -1.78. The lowest BCUT2D eigenvalue weighted by atomic mass is 9.86. The maximum absolute atomic E-state index is 10.9. The number of nitrogens with one attached hydrogen (secondary N) is 1. The molecule has 5 heteroatoms.